The third-order valence-corrected chi connectivity index (χ3v) is 6.77. The van der Waals surface area contributed by atoms with Crippen LogP contribution in [-0.4, -0.2) is 65.4 Å². The van der Waals surface area contributed by atoms with Gasteiger partial charge < -0.3 is 10.0 Å². The van der Waals surface area contributed by atoms with Gasteiger partial charge in [-0.15, -0.1) is 11.8 Å². The van der Waals surface area contributed by atoms with Crippen molar-refractivity contribution in [3.05, 3.63) is 0 Å². The molecule has 1 amide bonds. The molecule has 1 aliphatic heterocycles. The maximum Gasteiger partial charge on any atom is 0.305 e. The van der Waals surface area contributed by atoms with Crippen LogP contribution in [-0.2, 0) is 19.4 Å². The van der Waals surface area contributed by atoms with E-state index >= 15 is 0 Å². The van der Waals surface area contributed by atoms with E-state index in [0.29, 0.717) is 6.42 Å². The smallest absolute Gasteiger partial charge is 0.305 e. The van der Waals surface area contributed by atoms with Gasteiger partial charge in [0, 0.05) is 17.8 Å². The number of amides is 1. The van der Waals surface area contributed by atoms with Crippen molar-refractivity contribution < 1.29 is 23.1 Å². The van der Waals surface area contributed by atoms with Gasteiger partial charge in [0.1, 0.15) is 0 Å². The van der Waals surface area contributed by atoms with Gasteiger partial charge in [-0.25, -0.2) is 8.42 Å². The summed E-state index contributed by atoms with van der Waals surface area (Å²) in [7, 11) is -2.91. The molecule has 0 bridgehead atoms. The second kappa shape index (κ2) is 6.34. The molecule has 0 spiro atoms. The largest absolute Gasteiger partial charge is 0.481 e. The lowest BCUT2D eigenvalue weighted by molar-refractivity contribution is -0.138. The van der Waals surface area contributed by atoms with Crippen molar-refractivity contribution in [2.45, 2.75) is 37.0 Å². The molecule has 1 atom stereocenters. The van der Waals surface area contributed by atoms with Crippen molar-refractivity contribution in [3.63, 3.8) is 0 Å². The number of nitrogens with zero attached hydrogens (tertiary/aromatic N) is 1. The summed E-state index contributed by atoms with van der Waals surface area (Å²) in [4.78, 5) is 24.4. The highest BCUT2D eigenvalue weighted by atomic mass is 32.2. The summed E-state index contributed by atoms with van der Waals surface area (Å²) < 4.78 is 22.7. The number of hydrogen-bond acceptors (Lipinski definition) is 5. The van der Waals surface area contributed by atoms with Crippen LogP contribution < -0.4 is 0 Å². The van der Waals surface area contributed by atoms with Crippen molar-refractivity contribution in [1.29, 1.82) is 0 Å². The summed E-state index contributed by atoms with van der Waals surface area (Å²) in [5, 5.41) is 8.70. The Hall–Kier alpha value is -0.760. The zero-order valence-electron chi connectivity index (χ0n) is 11.2. The molecule has 1 heterocycles. The van der Waals surface area contributed by atoms with Gasteiger partial charge in [0.25, 0.3) is 0 Å². The molecule has 0 aromatic heterocycles. The van der Waals surface area contributed by atoms with E-state index in [-0.39, 0.29) is 47.4 Å². The van der Waals surface area contributed by atoms with Crippen molar-refractivity contribution in [2.24, 2.45) is 0 Å². The molecule has 1 saturated carbocycles. The summed E-state index contributed by atoms with van der Waals surface area (Å²) in [6.07, 6.45) is 2.45. The Labute approximate surface area is 122 Å². The van der Waals surface area contributed by atoms with Gasteiger partial charge in [-0.2, -0.15) is 0 Å². The first kappa shape index (κ1) is 15.6. The Morgan fingerprint density at radius 3 is 2.45 bits per heavy atom. The fourth-order valence-corrected chi connectivity index (χ4v) is 5.81. The van der Waals surface area contributed by atoms with Crippen LogP contribution in [0.25, 0.3) is 0 Å². The highest BCUT2D eigenvalue weighted by molar-refractivity contribution is 8.02. The van der Waals surface area contributed by atoms with Crippen LogP contribution in [0.5, 0.6) is 0 Å². The maximum atomic E-state index is 12.1. The third kappa shape index (κ3) is 4.66. The molecule has 1 aliphatic carbocycles. The molecule has 6 nitrogen and oxygen atoms in total. The number of carboxylic acid groups (broad SMARTS) is 1. The van der Waals surface area contributed by atoms with E-state index in [4.69, 9.17) is 5.11 Å². The van der Waals surface area contributed by atoms with E-state index in [2.05, 4.69) is 0 Å². The standard InChI is InChI=1S/C12H19NO5S2/c14-11(7-19-10-4-6-20(17,18)8-10)13(9-1-2-9)5-3-12(15)16/h9-10H,1-8H2,(H,15,16). The minimum absolute atomic E-state index is 0.00415. The van der Waals surface area contributed by atoms with Gasteiger partial charge in [-0.3, -0.25) is 9.59 Å². The highest BCUT2D eigenvalue weighted by Gasteiger charge is 2.34. The van der Waals surface area contributed by atoms with Crippen molar-refractivity contribution in [1.82, 2.24) is 4.90 Å². The van der Waals surface area contributed by atoms with Crippen LogP contribution in [0.2, 0.25) is 0 Å². The molecule has 1 unspecified atom stereocenters. The Bertz CT molecular complexity index is 486. The van der Waals surface area contributed by atoms with Crippen LogP contribution in [0.4, 0.5) is 0 Å². The van der Waals surface area contributed by atoms with Crippen LogP contribution in [0, 0.1) is 0 Å². The second-order valence-electron chi connectivity index (χ2n) is 5.30. The fourth-order valence-electron chi connectivity index (χ4n) is 2.28. The van der Waals surface area contributed by atoms with Crippen LogP contribution >= 0.6 is 11.8 Å². The molecular weight excluding hydrogens is 302 g/mol. The molecule has 114 valence electrons. The van der Waals surface area contributed by atoms with Crippen LogP contribution in [0.1, 0.15) is 25.7 Å². The molecule has 1 N–H and O–H groups in total. The third-order valence-electron chi connectivity index (χ3n) is 3.51. The lowest BCUT2D eigenvalue weighted by Gasteiger charge is -2.22. The van der Waals surface area contributed by atoms with E-state index in [0.717, 1.165) is 12.8 Å². The number of carboxylic acids is 1. The number of aliphatic carboxylic acids is 1. The number of carbonyl (C=O) groups excluding carboxylic acids is 1. The lowest BCUT2D eigenvalue weighted by Crippen LogP contribution is -2.36. The van der Waals surface area contributed by atoms with E-state index in [9.17, 15) is 18.0 Å². The van der Waals surface area contributed by atoms with E-state index in [1.807, 2.05) is 0 Å². The van der Waals surface area contributed by atoms with Crippen LogP contribution in [0.15, 0.2) is 0 Å². The predicted molar refractivity (Wildman–Crippen MR) is 76.5 cm³/mol. The average molecular weight is 321 g/mol. The summed E-state index contributed by atoms with van der Waals surface area (Å²) in [6, 6.07) is 0.190. The molecule has 0 aromatic rings. The van der Waals surface area contributed by atoms with Crippen molar-refractivity contribution in [3.8, 4) is 0 Å². The van der Waals surface area contributed by atoms with Crippen LogP contribution in [0.3, 0.4) is 0 Å². The monoisotopic (exact) mass is 321 g/mol. The predicted octanol–water partition coefficient (Wildman–Crippen LogP) is 0.372. The number of carbonyl (C=O) groups is 2. The van der Waals surface area contributed by atoms with E-state index in [1.54, 1.807) is 4.90 Å². The van der Waals surface area contributed by atoms with Gasteiger partial charge in [0.2, 0.25) is 5.91 Å². The first-order valence-corrected chi connectivity index (χ1v) is 9.58. The number of thioether (sulfide) groups is 1. The fraction of sp³-hybridized carbons (Fsp3) is 0.833. The Morgan fingerprint density at radius 1 is 1.25 bits per heavy atom. The van der Waals surface area contributed by atoms with Gasteiger partial charge in [-0.05, 0) is 19.3 Å². The number of hydrogen-bond donors (Lipinski definition) is 1. The second-order valence-corrected chi connectivity index (χ2v) is 8.82. The minimum Gasteiger partial charge on any atom is -0.481 e. The molecular formula is C12H19NO5S2. The maximum absolute atomic E-state index is 12.1. The molecule has 2 aliphatic rings. The summed E-state index contributed by atoms with van der Waals surface area (Å²) >= 11 is 1.38. The molecule has 1 saturated heterocycles. The molecule has 2 fully saturated rings. The van der Waals surface area contributed by atoms with Gasteiger partial charge in [0.05, 0.1) is 23.7 Å². The molecule has 2 rings (SSSR count). The first-order valence-electron chi connectivity index (χ1n) is 6.71. The number of rotatable bonds is 7. The molecule has 8 heteroatoms. The quantitative estimate of drug-likeness (QED) is 0.728. The molecule has 0 radical (unpaired) electrons. The SMILES string of the molecule is O=C(O)CCN(C(=O)CSC1CCS(=O)(=O)C1)C1CC1. The highest BCUT2D eigenvalue weighted by Crippen LogP contribution is 2.29. The zero-order chi connectivity index (χ0) is 14.8. The summed E-state index contributed by atoms with van der Waals surface area (Å²) in [5.41, 5.74) is 0. The molecule has 20 heavy (non-hydrogen) atoms. The van der Waals surface area contributed by atoms with Gasteiger partial charge in [0.15, 0.2) is 9.84 Å². The topological polar surface area (TPSA) is 91.8 Å². The van der Waals surface area contributed by atoms with E-state index in [1.165, 1.54) is 11.8 Å². The Balaban J connectivity index is 1.78. The van der Waals surface area contributed by atoms with Crippen molar-refractivity contribution in [2.75, 3.05) is 23.8 Å². The summed E-state index contributed by atoms with van der Waals surface area (Å²) in [6.45, 7) is 0.252. The van der Waals surface area contributed by atoms with Crippen molar-refractivity contribution >= 4 is 33.5 Å². The Kier molecular flexibility index (Phi) is 4.95. The first-order chi connectivity index (χ1) is 9.37. The normalized spacial score (nSPS) is 24.5. The van der Waals surface area contributed by atoms with E-state index < -0.39 is 15.8 Å². The number of sulfone groups is 1. The van der Waals surface area contributed by atoms with Gasteiger partial charge >= 0.3 is 5.97 Å². The lowest BCUT2D eigenvalue weighted by atomic mass is 10.3. The van der Waals surface area contributed by atoms with Gasteiger partial charge in [-0.1, -0.05) is 0 Å². The summed E-state index contributed by atoms with van der Waals surface area (Å²) in [5.74, 6) is -0.356. The average Bonchev–Trinajstić information content (AvgIpc) is 3.11. The minimum atomic E-state index is -2.91. The Morgan fingerprint density at radius 2 is 1.95 bits per heavy atom. The zero-order valence-corrected chi connectivity index (χ0v) is 12.8. The molecule has 0 aromatic carbocycles.